The molecule has 10 aromatic rings. The van der Waals surface area contributed by atoms with Crippen molar-refractivity contribution in [1.29, 1.82) is 0 Å². The van der Waals surface area contributed by atoms with Gasteiger partial charge in [0.25, 0.3) is 6.71 Å². The molecule has 0 saturated carbocycles. The van der Waals surface area contributed by atoms with E-state index in [1.54, 1.807) is 0 Å². The van der Waals surface area contributed by atoms with E-state index in [2.05, 4.69) is 229 Å². The predicted octanol–water partition coefficient (Wildman–Crippen LogP) is 17.2. The molecule has 8 aromatic carbocycles. The smallest absolute Gasteiger partial charge is 0.264 e. The van der Waals surface area contributed by atoms with Gasteiger partial charge >= 0.3 is 0 Å². The van der Waals surface area contributed by atoms with Gasteiger partial charge in [0.2, 0.25) is 0 Å². The Bertz CT molecular complexity index is 4020. The molecule has 1 aliphatic carbocycles. The summed E-state index contributed by atoms with van der Waals surface area (Å²) in [7, 11) is 0. The maximum absolute atomic E-state index is 7.64. The molecule has 0 fully saturated rings. The monoisotopic (exact) mass is 969 g/mol. The van der Waals surface area contributed by atoms with Gasteiger partial charge in [-0.1, -0.05) is 135 Å². The van der Waals surface area contributed by atoms with Gasteiger partial charge in [0.1, 0.15) is 0 Å². The van der Waals surface area contributed by atoms with Crippen molar-refractivity contribution in [1.82, 2.24) is 0 Å². The highest BCUT2D eigenvalue weighted by molar-refractivity contribution is 7.33. The summed E-state index contributed by atoms with van der Waals surface area (Å²) in [6, 6.07) is 58.2. The van der Waals surface area contributed by atoms with Crippen LogP contribution in [0.5, 0.6) is 11.5 Å². The third-order valence-electron chi connectivity index (χ3n) is 17.4. The minimum Gasteiger partial charge on any atom is -0.452 e. The molecule has 0 saturated heterocycles. The van der Waals surface area contributed by atoms with Crippen molar-refractivity contribution in [2.45, 2.75) is 96.8 Å². The van der Waals surface area contributed by atoms with Crippen LogP contribution >= 0.6 is 22.7 Å². The van der Waals surface area contributed by atoms with Crippen LogP contribution in [0, 0.1) is 0 Å². The molecule has 4 aliphatic heterocycles. The Hall–Kier alpha value is -6.80. The van der Waals surface area contributed by atoms with E-state index >= 15 is 0 Å². The molecule has 0 spiro atoms. The molecule has 5 aliphatic rings. The molecule has 15 rings (SSSR count). The number of para-hydroxylation sites is 3. The van der Waals surface area contributed by atoms with Crippen molar-refractivity contribution >= 4 is 127 Å². The largest absolute Gasteiger partial charge is 0.452 e. The number of fused-ring (bicyclic) bond motifs is 13. The summed E-state index contributed by atoms with van der Waals surface area (Å²) in [4.78, 5) is 7.84. The Morgan fingerprint density at radius 1 is 0.486 bits per heavy atom. The number of ether oxygens (including phenoxy) is 1. The third kappa shape index (κ3) is 5.64. The highest BCUT2D eigenvalue weighted by Crippen LogP contribution is 2.62. The lowest BCUT2D eigenvalue weighted by Crippen LogP contribution is -2.61. The molecule has 0 amide bonds. The molecule has 4 nitrogen and oxygen atoms in total. The van der Waals surface area contributed by atoms with Crippen LogP contribution in [0.2, 0.25) is 0 Å². The van der Waals surface area contributed by atoms with Crippen molar-refractivity contribution in [2.24, 2.45) is 0 Å². The van der Waals surface area contributed by atoms with E-state index in [9.17, 15) is 0 Å². The average molecular weight is 970 g/mol. The maximum Gasteiger partial charge on any atom is 0.264 e. The number of anilines is 9. The molecular formula is C65H56BN3OS2. The molecule has 0 atom stereocenters. The van der Waals surface area contributed by atoms with Gasteiger partial charge in [0, 0.05) is 85.7 Å². The Kier molecular flexibility index (Phi) is 8.47. The van der Waals surface area contributed by atoms with Crippen LogP contribution in [0.3, 0.4) is 0 Å². The van der Waals surface area contributed by atoms with Crippen molar-refractivity contribution < 1.29 is 4.74 Å². The maximum atomic E-state index is 7.64. The molecule has 0 N–H and O–H groups in total. The van der Waals surface area contributed by atoms with Crippen LogP contribution in [0.4, 0.5) is 51.2 Å². The van der Waals surface area contributed by atoms with Crippen LogP contribution in [0.25, 0.3) is 30.3 Å². The van der Waals surface area contributed by atoms with Crippen molar-refractivity contribution in [3.05, 3.63) is 179 Å². The molecule has 6 heterocycles. The van der Waals surface area contributed by atoms with Gasteiger partial charge in [0.15, 0.2) is 11.5 Å². The first-order chi connectivity index (χ1) is 34.6. The lowest BCUT2D eigenvalue weighted by Gasteiger charge is -2.51. The number of benzene rings is 8. The molecule has 2 aromatic heterocycles. The second-order valence-electron chi connectivity index (χ2n) is 24.0. The van der Waals surface area contributed by atoms with E-state index in [1.807, 2.05) is 22.7 Å². The first-order valence-electron chi connectivity index (χ1n) is 25.8. The van der Waals surface area contributed by atoms with Crippen molar-refractivity contribution in [2.75, 3.05) is 14.7 Å². The highest BCUT2D eigenvalue weighted by Gasteiger charge is 2.52. The number of thiophene rings is 2. The van der Waals surface area contributed by atoms with Gasteiger partial charge in [-0.2, -0.15) is 0 Å². The van der Waals surface area contributed by atoms with E-state index in [0.29, 0.717) is 0 Å². The van der Waals surface area contributed by atoms with E-state index in [0.717, 1.165) is 47.1 Å². The zero-order chi connectivity index (χ0) is 49.0. The molecule has 7 heteroatoms. The van der Waals surface area contributed by atoms with Crippen LogP contribution in [0.1, 0.15) is 103 Å². The Morgan fingerprint density at radius 3 is 1.90 bits per heavy atom. The summed E-state index contributed by atoms with van der Waals surface area (Å²) in [5.74, 6) is 1.85. The summed E-state index contributed by atoms with van der Waals surface area (Å²) in [6.07, 6.45) is 2.20. The second kappa shape index (κ2) is 14.2. The molecule has 0 radical (unpaired) electrons. The van der Waals surface area contributed by atoms with Gasteiger partial charge in [-0.25, -0.2) is 0 Å². The topological polar surface area (TPSA) is 19.0 Å². The molecule has 72 heavy (non-hydrogen) atoms. The Balaban J connectivity index is 1.13. The van der Waals surface area contributed by atoms with Crippen LogP contribution in [-0.2, 0) is 21.7 Å². The summed E-state index contributed by atoms with van der Waals surface area (Å²) in [6.45, 7) is 21.8. The lowest BCUT2D eigenvalue weighted by atomic mass is 9.35. The van der Waals surface area contributed by atoms with E-state index in [1.165, 1.54) is 102 Å². The Labute approximate surface area is 431 Å². The molecule has 352 valence electrons. The first-order valence-corrected chi connectivity index (χ1v) is 27.5. The van der Waals surface area contributed by atoms with Gasteiger partial charge < -0.3 is 19.4 Å². The molecule has 0 unspecified atom stereocenters. The summed E-state index contributed by atoms with van der Waals surface area (Å²) < 4.78 is 13.0. The fraction of sp³-hybridized carbons (Fsp3) is 0.231. The van der Waals surface area contributed by atoms with Gasteiger partial charge in [-0.05, 0) is 136 Å². The number of rotatable bonds is 2. The standard InChI is InChI=1S/C65H56BN3OS2/c1-62(2,3)37-25-29-54-43(33-37)57-61(72-54)66-47-28-26-40-35-50(47)69(49-23-16-21-45-60(49)70-59-44(65(45,8)9)20-15-22-48(59)67(40)38-17-11-10-12-18-38)58-55-46(63(4,5)31-32-64(55,6)7)36-51(56(58)66)68(57)39-27-30-53-42(34-39)41-19-13-14-24-52(41)71-53/h10-30,33-36H,31-32H2,1-9H3. The normalized spacial score (nSPS) is 17.2. The van der Waals surface area contributed by atoms with Crippen molar-refractivity contribution in [3.63, 3.8) is 0 Å². The van der Waals surface area contributed by atoms with E-state index in [4.69, 9.17) is 4.74 Å². The molecule has 4 bridgehead atoms. The predicted molar refractivity (Wildman–Crippen MR) is 310 cm³/mol. The summed E-state index contributed by atoms with van der Waals surface area (Å²) in [5, 5.41) is 3.96. The zero-order valence-electron chi connectivity index (χ0n) is 42.5. The van der Waals surface area contributed by atoms with Gasteiger partial charge in [-0.15, -0.1) is 22.7 Å². The fourth-order valence-electron chi connectivity index (χ4n) is 13.5. The van der Waals surface area contributed by atoms with Crippen LogP contribution in [-0.4, -0.2) is 6.71 Å². The number of nitrogens with zero attached hydrogens (tertiary/aromatic N) is 3. The zero-order valence-corrected chi connectivity index (χ0v) is 44.1. The van der Waals surface area contributed by atoms with Crippen LogP contribution < -0.4 is 35.1 Å². The Morgan fingerprint density at radius 2 is 1.14 bits per heavy atom. The number of hydrogen-bond donors (Lipinski definition) is 0. The average Bonchev–Trinajstić information content (AvgIpc) is 3.93. The highest BCUT2D eigenvalue weighted by atomic mass is 32.1. The third-order valence-corrected chi connectivity index (χ3v) is 19.7. The van der Waals surface area contributed by atoms with Crippen LogP contribution in [0.15, 0.2) is 152 Å². The second-order valence-corrected chi connectivity index (χ2v) is 26.1. The molecular weight excluding hydrogens is 914 g/mol. The van der Waals surface area contributed by atoms with E-state index < -0.39 is 0 Å². The first kappa shape index (κ1) is 42.8. The van der Waals surface area contributed by atoms with Gasteiger partial charge in [0.05, 0.1) is 17.1 Å². The quantitative estimate of drug-likeness (QED) is 0.161. The minimum absolute atomic E-state index is 0.0223. The fourth-order valence-corrected chi connectivity index (χ4v) is 15.9. The lowest BCUT2D eigenvalue weighted by molar-refractivity contribution is 0.333. The summed E-state index contributed by atoms with van der Waals surface area (Å²) >= 11 is 3.89. The van der Waals surface area contributed by atoms with E-state index in [-0.39, 0.29) is 28.4 Å². The van der Waals surface area contributed by atoms with Crippen molar-refractivity contribution in [3.8, 4) is 11.5 Å². The summed E-state index contributed by atoms with van der Waals surface area (Å²) in [5.41, 5.74) is 19.4. The van der Waals surface area contributed by atoms with Gasteiger partial charge in [-0.3, -0.25) is 0 Å². The SMILES string of the molecule is CC(C)(C)c1ccc2sc3c(c2c1)N(c1ccc2sc4ccccc4c2c1)c1cc2c(c4c1B3c1ccc3cc1N4c1cccc4c1Oc1c(cccc1C4(C)C)N3c1ccccc1)C(C)(C)CCC2(C)C. The number of hydrogen-bond acceptors (Lipinski definition) is 6. The minimum atomic E-state index is -0.346.